The first-order valence-corrected chi connectivity index (χ1v) is 8.08. The van der Waals surface area contributed by atoms with E-state index in [0.717, 1.165) is 5.56 Å². The average molecular weight is 348 g/mol. The quantitative estimate of drug-likeness (QED) is 0.428. The second kappa shape index (κ2) is 8.82. The highest BCUT2D eigenvalue weighted by Gasteiger charge is 2.27. The number of rotatable bonds is 7. The van der Waals surface area contributed by atoms with E-state index in [0.29, 0.717) is 10.1 Å². The van der Waals surface area contributed by atoms with Crippen molar-refractivity contribution >= 4 is 34.6 Å². The number of nitrogens with zero attached hydrogens (tertiary/aromatic N) is 4. The van der Waals surface area contributed by atoms with Gasteiger partial charge in [-0.3, -0.25) is 14.6 Å². The number of carbonyl (C=O) groups is 2. The molecule has 0 radical (unpaired) electrons. The van der Waals surface area contributed by atoms with Crippen LogP contribution in [0.5, 0.6) is 0 Å². The van der Waals surface area contributed by atoms with E-state index in [1.807, 2.05) is 6.07 Å². The van der Waals surface area contributed by atoms with Gasteiger partial charge in [0.05, 0.1) is 13.2 Å². The lowest BCUT2D eigenvalue weighted by Crippen LogP contribution is -2.29. The fourth-order valence-electron chi connectivity index (χ4n) is 1.69. The molecule has 8 nitrogen and oxygen atoms in total. The van der Waals surface area contributed by atoms with Crippen LogP contribution in [0.3, 0.4) is 0 Å². The Kier molecular flexibility index (Phi) is 6.50. The summed E-state index contributed by atoms with van der Waals surface area (Å²) >= 11 is 1.21. The maximum atomic E-state index is 11.9. The van der Waals surface area contributed by atoms with Crippen molar-refractivity contribution in [1.29, 1.82) is 0 Å². The van der Waals surface area contributed by atoms with Gasteiger partial charge >= 0.3 is 11.9 Å². The third-order valence-corrected chi connectivity index (χ3v) is 3.62. The Bertz CT molecular complexity index is 699. The predicted octanol–water partition coefficient (Wildman–Crippen LogP) is 2.04. The van der Waals surface area contributed by atoms with Crippen molar-refractivity contribution < 1.29 is 19.1 Å². The number of esters is 2. The van der Waals surface area contributed by atoms with E-state index < -0.39 is 17.9 Å². The first-order valence-electron chi connectivity index (χ1n) is 7.27. The summed E-state index contributed by atoms with van der Waals surface area (Å²) in [5.74, 6) is -2.65. The minimum Gasteiger partial charge on any atom is -0.465 e. The van der Waals surface area contributed by atoms with Crippen molar-refractivity contribution in [2.24, 2.45) is 10.9 Å². The Morgan fingerprint density at radius 3 is 2.54 bits per heavy atom. The van der Waals surface area contributed by atoms with Gasteiger partial charge in [0, 0.05) is 24.2 Å². The number of carbonyl (C=O) groups excluding carboxylic acids is 2. The van der Waals surface area contributed by atoms with E-state index in [1.165, 1.54) is 17.6 Å². The summed E-state index contributed by atoms with van der Waals surface area (Å²) in [6, 6.07) is 3.64. The number of hydrogen-bond donors (Lipinski definition) is 0. The fraction of sp³-hybridized carbons (Fsp3) is 0.333. The van der Waals surface area contributed by atoms with Gasteiger partial charge in [-0.05, 0) is 26.0 Å². The molecule has 0 fully saturated rings. The van der Waals surface area contributed by atoms with Crippen molar-refractivity contribution in [3.05, 3.63) is 24.5 Å². The van der Waals surface area contributed by atoms with Crippen molar-refractivity contribution in [3.63, 3.8) is 0 Å². The van der Waals surface area contributed by atoms with Crippen LogP contribution in [-0.4, -0.2) is 46.5 Å². The standard InChI is InChI=1S/C15H16N4O4S/c1-3-22-13(20)11(14(21)23-4-2)9-17-15-19-18-12(24-15)10-6-5-7-16-8-10/h5-9,11H,3-4H2,1-2H3. The van der Waals surface area contributed by atoms with E-state index in [2.05, 4.69) is 20.2 Å². The Hall–Kier alpha value is -2.68. The lowest BCUT2D eigenvalue weighted by Gasteiger charge is -2.09. The monoisotopic (exact) mass is 348 g/mol. The molecule has 9 heteroatoms. The average Bonchev–Trinajstić information content (AvgIpc) is 3.05. The smallest absolute Gasteiger partial charge is 0.325 e. The van der Waals surface area contributed by atoms with Gasteiger partial charge in [-0.15, -0.1) is 10.2 Å². The van der Waals surface area contributed by atoms with Crippen molar-refractivity contribution in [2.45, 2.75) is 13.8 Å². The van der Waals surface area contributed by atoms with Crippen LogP contribution in [-0.2, 0) is 19.1 Å². The van der Waals surface area contributed by atoms with Gasteiger partial charge in [0.1, 0.15) is 0 Å². The fourth-order valence-corrected chi connectivity index (χ4v) is 2.38. The third kappa shape index (κ3) is 4.66. The van der Waals surface area contributed by atoms with E-state index >= 15 is 0 Å². The highest BCUT2D eigenvalue weighted by Crippen LogP contribution is 2.27. The van der Waals surface area contributed by atoms with Gasteiger partial charge < -0.3 is 9.47 Å². The van der Waals surface area contributed by atoms with Gasteiger partial charge in [-0.1, -0.05) is 11.3 Å². The number of aliphatic imine (C=N–C) groups is 1. The van der Waals surface area contributed by atoms with Crippen LogP contribution in [0.25, 0.3) is 10.6 Å². The Morgan fingerprint density at radius 1 is 1.25 bits per heavy atom. The largest absolute Gasteiger partial charge is 0.465 e. The first-order chi connectivity index (χ1) is 11.7. The molecule has 2 heterocycles. The van der Waals surface area contributed by atoms with E-state index in [4.69, 9.17) is 9.47 Å². The molecule has 0 N–H and O–H groups in total. The van der Waals surface area contributed by atoms with Crippen LogP contribution >= 0.6 is 11.3 Å². The SMILES string of the molecule is CCOC(=O)C(C=Nc1nnc(-c2cccnc2)s1)C(=O)OCC. The summed E-state index contributed by atoms with van der Waals surface area (Å²) in [4.78, 5) is 31.8. The molecule has 0 aliphatic carbocycles. The van der Waals surface area contributed by atoms with Crippen LogP contribution in [0, 0.1) is 5.92 Å². The van der Waals surface area contributed by atoms with Crippen LogP contribution in [0.4, 0.5) is 5.13 Å². The van der Waals surface area contributed by atoms with Crippen LogP contribution in [0.1, 0.15) is 13.8 Å². The van der Waals surface area contributed by atoms with Gasteiger partial charge in [0.15, 0.2) is 10.9 Å². The first kappa shape index (κ1) is 17.7. The predicted molar refractivity (Wildman–Crippen MR) is 88.0 cm³/mol. The maximum Gasteiger partial charge on any atom is 0.325 e. The summed E-state index contributed by atoms with van der Waals surface area (Å²) in [7, 11) is 0. The molecular formula is C15H16N4O4S. The molecule has 2 aromatic heterocycles. The number of aromatic nitrogens is 3. The molecule has 0 aliphatic heterocycles. The highest BCUT2D eigenvalue weighted by atomic mass is 32.1. The van der Waals surface area contributed by atoms with Crippen LogP contribution in [0.15, 0.2) is 29.5 Å². The molecule has 0 amide bonds. The third-order valence-electron chi connectivity index (χ3n) is 2.74. The summed E-state index contributed by atoms with van der Waals surface area (Å²) < 4.78 is 9.73. The molecule has 0 saturated carbocycles. The van der Waals surface area contributed by atoms with Crippen molar-refractivity contribution in [3.8, 4) is 10.6 Å². The summed E-state index contributed by atoms with van der Waals surface area (Å²) in [5.41, 5.74) is 0.809. The molecule has 24 heavy (non-hydrogen) atoms. The van der Waals surface area contributed by atoms with Crippen molar-refractivity contribution in [1.82, 2.24) is 15.2 Å². The van der Waals surface area contributed by atoms with Crippen LogP contribution < -0.4 is 0 Å². The summed E-state index contributed by atoms with van der Waals surface area (Å²) in [6.07, 6.45) is 4.49. The zero-order valence-corrected chi connectivity index (χ0v) is 14.0. The summed E-state index contributed by atoms with van der Waals surface area (Å²) in [5, 5.41) is 8.87. The highest BCUT2D eigenvalue weighted by molar-refractivity contribution is 7.18. The van der Waals surface area contributed by atoms with Gasteiger partial charge in [0.25, 0.3) is 0 Å². The molecule has 0 aliphatic rings. The number of hydrogen-bond acceptors (Lipinski definition) is 9. The zero-order chi connectivity index (χ0) is 17.4. The summed E-state index contributed by atoms with van der Waals surface area (Å²) in [6.45, 7) is 3.63. The normalized spacial score (nSPS) is 11.0. The van der Waals surface area contributed by atoms with E-state index in [1.54, 1.807) is 32.3 Å². The van der Waals surface area contributed by atoms with Gasteiger partial charge in [-0.25, -0.2) is 4.99 Å². The minimum atomic E-state index is -1.23. The Morgan fingerprint density at radius 2 is 1.96 bits per heavy atom. The van der Waals surface area contributed by atoms with Crippen LogP contribution in [0.2, 0.25) is 0 Å². The molecule has 0 spiro atoms. The molecule has 2 aromatic rings. The number of ether oxygens (including phenoxy) is 2. The van der Waals surface area contributed by atoms with Crippen molar-refractivity contribution in [2.75, 3.05) is 13.2 Å². The van der Waals surface area contributed by atoms with Gasteiger partial charge in [0.2, 0.25) is 5.13 Å². The molecule has 0 atom stereocenters. The minimum absolute atomic E-state index is 0.159. The lowest BCUT2D eigenvalue weighted by atomic mass is 10.2. The molecule has 2 rings (SSSR count). The number of pyridine rings is 1. The van der Waals surface area contributed by atoms with E-state index in [9.17, 15) is 9.59 Å². The maximum absolute atomic E-state index is 11.9. The second-order valence-electron chi connectivity index (χ2n) is 4.39. The second-order valence-corrected chi connectivity index (χ2v) is 5.35. The Balaban J connectivity index is 2.15. The Labute approximate surface area is 142 Å². The molecule has 126 valence electrons. The lowest BCUT2D eigenvalue weighted by molar-refractivity contribution is -0.157. The van der Waals surface area contributed by atoms with E-state index in [-0.39, 0.29) is 13.2 Å². The molecule has 0 aromatic carbocycles. The molecule has 0 bridgehead atoms. The molecule has 0 saturated heterocycles. The topological polar surface area (TPSA) is 104 Å². The molecule has 0 unspecified atom stereocenters. The van der Waals surface area contributed by atoms with Gasteiger partial charge in [-0.2, -0.15) is 0 Å². The zero-order valence-electron chi connectivity index (χ0n) is 13.2. The molecular weight excluding hydrogens is 332 g/mol.